The van der Waals surface area contributed by atoms with E-state index in [2.05, 4.69) is 56.8 Å². The maximum absolute atomic E-state index is 4.47. The summed E-state index contributed by atoms with van der Waals surface area (Å²) in [5.41, 5.74) is 0. The molecule has 1 aromatic rings. The van der Waals surface area contributed by atoms with Gasteiger partial charge in [0, 0.05) is 45.8 Å². The number of thiophene rings is 1. The molecule has 3 heterocycles. The number of hydrogen-bond donors (Lipinski definition) is 2. The summed E-state index contributed by atoms with van der Waals surface area (Å²) in [7, 11) is 1.89. The predicted octanol–water partition coefficient (Wildman–Crippen LogP) is 3.87. The molecule has 2 fully saturated rings. The molecule has 0 aliphatic carbocycles. The van der Waals surface area contributed by atoms with Gasteiger partial charge in [0.2, 0.25) is 0 Å². The van der Waals surface area contributed by atoms with Crippen LogP contribution < -0.4 is 15.5 Å². The van der Waals surface area contributed by atoms with Crippen LogP contribution in [-0.4, -0.2) is 63.2 Å². The summed E-state index contributed by atoms with van der Waals surface area (Å²) in [5.74, 6) is 2.47. The molecule has 160 valence electrons. The topological polar surface area (TPSA) is 42.9 Å². The molecule has 2 N–H and O–H groups in total. The van der Waals surface area contributed by atoms with Gasteiger partial charge in [0.15, 0.2) is 5.96 Å². The first-order chi connectivity index (χ1) is 13.1. The average molecular weight is 520 g/mol. The van der Waals surface area contributed by atoms with Crippen molar-refractivity contribution >= 4 is 46.3 Å². The van der Waals surface area contributed by atoms with Crippen molar-refractivity contribution in [1.29, 1.82) is 0 Å². The summed E-state index contributed by atoms with van der Waals surface area (Å²) in [6, 6.07) is 4.89. The lowest BCUT2D eigenvalue weighted by Gasteiger charge is -2.35. The second kappa shape index (κ2) is 12.2. The van der Waals surface area contributed by atoms with Gasteiger partial charge in [-0.1, -0.05) is 13.8 Å². The van der Waals surface area contributed by atoms with Crippen molar-refractivity contribution in [2.75, 3.05) is 51.2 Å². The lowest BCUT2D eigenvalue weighted by Crippen LogP contribution is -2.50. The minimum absolute atomic E-state index is 0. The minimum atomic E-state index is 0. The van der Waals surface area contributed by atoms with Crippen molar-refractivity contribution in [2.45, 2.75) is 45.6 Å². The Morgan fingerprint density at radius 2 is 2.04 bits per heavy atom. The zero-order chi connectivity index (χ0) is 19.1. The van der Waals surface area contributed by atoms with Crippen LogP contribution in [0.3, 0.4) is 0 Å². The van der Waals surface area contributed by atoms with E-state index in [-0.39, 0.29) is 24.0 Å². The number of aliphatic imine (C=N–C) groups is 1. The molecule has 0 spiro atoms. The number of anilines is 1. The molecule has 2 aliphatic heterocycles. The third kappa shape index (κ3) is 7.37. The van der Waals surface area contributed by atoms with Crippen molar-refractivity contribution in [2.24, 2.45) is 16.8 Å². The normalized spacial score (nSPS) is 22.2. The van der Waals surface area contributed by atoms with Crippen molar-refractivity contribution in [3.63, 3.8) is 0 Å². The Kier molecular flexibility index (Phi) is 10.4. The highest BCUT2D eigenvalue weighted by molar-refractivity contribution is 14.0. The van der Waals surface area contributed by atoms with E-state index in [1.165, 1.54) is 50.3 Å². The van der Waals surface area contributed by atoms with Gasteiger partial charge < -0.3 is 20.4 Å². The summed E-state index contributed by atoms with van der Waals surface area (Å²) in [5, 5.41) is 10.8. The fraction of sp³-hybridized carbons (Fsp3) is 0.762. The van der Waals surface area contributed by atoms with Crippen LogP contribution in [0.15, 0.2) is 22.5 Å². The number of piperidine rings is 2. The summed E-state index contributed by atoms with van der Waals surface area (Å²) >= 11 is 1.84. The van der Waals surface area contributed by atoms with E-state index < -0.39 is 0 Å². The number of likely N-dealkylation sites (tertiary alicyclic amines) is 1. The van der Waals surface area contributed by atoms with Crippen molar-refractivity contribution in [1.82, 2.24) is 15.5 Å². The molecule has 2 saturated heterocycles. The summed E-state index contributed by atoms with van der Waals surface area (Å²) in [6.45, 7) is 11.6. The van der Waals surface area contributed by atoms with E-state index in [1.807, 2.05) is 18.4 Å². The average Bonchev–Trinajstić information content (AvgIpc) is 3.20. The Morgan fingerprint density at radius 1 is 1.25 bits per heavy atom. The second-order valence-electron chi connectivity index (χ2n) is 8.47. The predicted molar refractivity (Wildman–Crippen MR) is 133 cm³/mol. The number of hydrogen-bond acceptors (Lipinski definition) is 4. The fourth-order valence-corrected chi connectivity index (χ4v) is 5.11. The SMILES string of the molecule is CN=C(NCC1CCCN(CC(C)C)C1)NC1CCN(c2cccs2)CC1.I. The first kappa shape index (κ1) is 23.7. The Labute approximate surface area is 192 Å². The van der Waals surface area contributed by atoms with Crippen LogP contribution in [-0.2, 0) is 0 Å². The smallest absolute Gasteiger partial charge is 0.191 e. The molecule has 3 rings (SSSR count). The quantitative estimate of drug-likeness (QED) is 0.340. The molecule has 28 heavy (non-hydrogen) atoms. The van der Waals surface area contributed by atoms with Crippen LogP contribution in [0.2, 0.25) is 0 Å². The Bertz CT molecular complexity index is 569. The van der Waals surface area contributed by atoms with Gasteiger partial charge in [0.1, 0.15) is 0 Å². The Hall–Kier alpha value is -0.540. The molecule has 0 bridgehead atoms. The summed E-state index contributed by atoms with van der Waals surface area (Å²) in [4.78, 5) is 9.61. The molecular weight excluding hydrogens is 481 g/mol. The van der Waals surface area contributed by atoms with Gasteiger partial charge in [0.25, 0.3) is 0 Å². The van der Waals surface area contributed by atoms with Gasteiger partial charge in [-0.2, -0.15) is 0 Å². The van der Waals surface area contributed by atoms with Crippen LogP contribution in [0.25, 0.3) is 0 Å². The fourth-order valence-electron chi connectivity index (χ4n) is 4.32. The molecule has 7 heteroatoms. The number of nitrogens with zero attached hydrogens (tertiary/aromatic N) is 3. The number of nitrogens with one attached hydrogen (secondary N) is 2. The number of halogens is 1. The number of guanidine groups is 1. The van der Waals surface area contributed by atoms with Gasteiger partial charge in [-0.05, 0) is 61.6 Å². The van der Waals surface area contributed by atoms with E-state index in [0.29, 0.717) is 6.04 Å². The van der Waals surface area contributed by atoms with E-state index in [0.717, 1.165) is 37.4 Å². The summed E-state index contributed by atoms with van der Waals surface area (Å²) < 4.78 is 0. The molecule has 1 unspecified atom stereocenters. The van der Waals surface area contributed by atoms with Crippen LogP contribution in [0.1, 0.15) is 39.5 Å². The lowest BCUT2D eigenvalue weighted by atomic mass is 9.97. The highest BCUT2D eigenvalue weighted by Crippen LogP contribution is 2.24. The third-order valence-corrected chi connectivity index (χ3v) is 6.59. The first-order valence-electron chi connectivity index (χ1n) is 10.6. The molecule has 0 radical (unpaired) electrons. The standard InChI is InChI=1S/C21H37N5S.HI/c1-17(2)15-25-10-4-6-18(16-25)14-23-21(22-3)24-19-8-11-26(12-9-19)20-7-5-13-27-20;/h5,7,13,17-19H,4,6,8-12,14-16H2,1-3H3,(H2,22,23,24);1H. The maximum atomic E-state index is 4.47. The molecule has 0 aromatic carbocycles. The van der Waals surface area contributed by atoms with E-state index in [4.69, 9.17) is 0 Å². The monoisotopic (exact) mass is 519 g/mol. The van der Waals surface area contributed by atoms with Crippen molar-refractivity contribution in [3.8, 4) is 0 Å². The zero-order valence-corrected chi connectivity index (χ0v) is 20.8. The molecule has 0 saturated carbocycles. The van der Waals surface area contributed by atoms with Gasteiger partial charge in [0.05, 0.1) is 5.00 Å². The van der Waals surface area contributed by atoms with Gasteiger partial charge >= 0.3 is 0 Å². The first-order valence-corrected chi connectivity index (χ1v) is 11.5. The maximum Gasteiger partial charge on any atom is 0.191 e. The second-order valence-corrected chi connectivity index (χ2v) is 9.40. The Morgan fingerprint density at radius 3 is 2.68 bits per heavy atom. The third-order valence-electron chi connectivity index (χ3n) is 5.66. The molecule has 2 aliphatic rings. The van der Waals surface area contributed by atoms with E-state index in [1.54, 1.807) is 0 Å². The highest BCUT2D eigenvalue weighted by atomic mass is 127. The van der Waals surface area contributed by atoms with Gasteiger partial charge in [-0.25, -0.2) is 0 Å². The number of rotatable bonds is 6. The van der Waals surface area contributed by atoms with Gasteiger partial charge in [-0.3, -0.25) is 4.99 Å². The van der Waals surface area contributed by atoms with Crippen LogP contribution in [0, 0.1) is 11.8 Å². The molecule has 1 atom stereocenters. The molecule has 5 nitrogen and oxygen atoms in total. The molecule has 1 aromatic heterocycles. The lowest BCUT2D eigenvalue weighted by molar-refractivity contribution is 0.159. The molecular formula is C21H38IN5S. The summed E-state index contributed by atoms with van der Waals surface area (Å²) in [6.07, 6.45) is 5.00. The van der Waals surface area contributed by atoms with Gasteiger partial charge in [-0.15, -0.1) is 35.3 Å². The van der Waals surface area contributed by atoms with E-state index in [9.17, 15) is 0 Å². The molecule has 0 amide bonds. The van der Waals surface area contributed by atoms with Crippen LogP contribution in [0.4, 0.5) is 5.00 Å². The highest BCUT2D eigenvalue weighted by Gasteiger charge is 2.23. The zero-order valence-electron chi connectivity index (χ0n) is 17.7. The van der Waals surface area contributed by atoms with Crippen molar-refractivity contribution < 1.29 is 0 Å². The Balaban J connectivity index is 0.00000280. The van der Waals surface area contributed by atoms with Crippen LogP contribution >= 0.6 is 35.3 Å². The van der Waals surface area contributed by atoms with E-state index >= 15 is 0 Å². The van der Waals surface area contributed by atoms with Crippen molar-refractivity contribution in [3.05, 3.63) is 17.5 Å². The largest absolute Gasteiger partial charge is 0.363 e. The van der Waals surface area contributed by atoms with Crippen LogP contribution in [0.5, 0.6) is 0 Å². The minimum Gasteiger partial charge on any atom is -0.363 e.